The van der Waals surface area contributed by atoms with Gasteiger partial charge in [-0.2, -0.15) is 18.4 Å². The summed E-state index contributed by atoms with van der Waals surface area (Å²) in [6, 6.07) is 13.9. The summed E-state index contributed by atoms with van der Waals surface area (Å²) in [5.41, 5.74) is 5.87. The Morgan fingerprint density at radius 3 is 2.37 bits per heavy atom. The lowest BCUT2D eigenvalue weighted by Crippen LogP contribution is -2.45. The molecule has 0 spiro atoms. The number of rotatable bonds is 5. The molecule has 1 atom stereocenters. The minimum atomic E-state index is -4.51. The van der Waals surface area contributed by atoms with Gasteiger partial charge in [-0.3, -0.25) is 9.78 Å². The zero-order chi connectivity index (χ0) is 31.3. The van der Waals surface area contributed by atoms with Crippen LogP contribution in [0.15, 0.2) is 63.9 Å². The average molecular weight is 611 g/mol. The Balaban J connectivity index is 1.51. The van der Waals surface area contributed by atoms with Crippen molar-refractivity contribution in [1.82, 2.24) is 15.2 Å². The largest absolute Gasteiger partial charge is 0.419 e. The number of sulfone groups is 1. The molecular weight excluding hydrogens is 585 g/mol. The molecule has 1 aliphatic heterocycles. The molecule has 222 valence electrons. The van der Waals surface area contributed by atoms with E-state index >= 15 is 0 Å². The van der Waals surface area contributed by atoms with E-state index in [9.17, 15) is 31.6 Å². The third-order valence-electron chi connectivity index (χ3n) is 7.03. The first kappa shape index (κ1) is 29.9. The summed E-state index contributed by atoms with van der Waals surface area (Å²) in [5, 5.41) is 17.3. The molecule has 0 aliphatic carbocycles. The summed E-state index contributed by atoms with van der Waals surface area (Å²) in [6.45, 7) is 4.44. The molecule has 10 nitrogen and oxygen atoms in total. The summed E-state index contributed by atoms with van der Waals surface area (Å²) in [4.78, 5) is 18.7. The highest BCUT2D eigenvalue weighted by Gasteiger charge is 2.37. The Bertz CT molecular complexity index is 1880. The van der Waals surface area contributed by atoms with E-state index in [2.05, 4.69) is 21.3 Å². The van der Waals surface area contributed by atoms with Gasteiger partial charge in [-0.05, 0) is 56.7 Å². The van der Waals surface area contributed by atoms with Gasteiger partial charge in [0.15, 0.2) is 9.84 Å². The fraction of sp³-hybridized carbons (Fsp3) is 0.276. The van der Waals surface area contributed by atoms with Crippen molar-refractivity contribution in [2.24, 2.45) is 5.73 Å². The van der Waals surface area contributed by atoms with Crippen LogP contribution in [0.4, 0.5) is 18.9 Å². The summed E-state index contributed by atoms with van der Waals surface area (Å²) < 4.78 is 71.4. The van der Waals surface area contributed by atoms with Crippen LogP contribution in [0.25, 0.3) is 22.7 Å². The zero-order valence-corrected chi connectivity index (χ0v) is 24.0. The predicted molar refractivity (Wildman–Crippen MR) is 149 cm³/mol. The summed E-state index contributed by atoms with van der Waals surface area (Å²) in [5.74, 6) is -1.11. The Labute approximate surface area is 244 Å². The average Bonchev–Trinajstić information content (AvgIpc) is 3.44. The minimum absolute atomic E-state index is 0.0307. The molecular formula is C29H25F3N6O4S. The number of nitrogens with zero attached hydrogens (tertiary/aromatic N) is 5. The topological polar surface area (TPSA) is 156 Å². The lowest BCUT2D eigenvalue weighted by molar-refractivity contribution is -0.138. The van der Waals surface area contributed by atoms with Gasteiger partial charge in [0.25, 0.3) is 0 Å². The van der Waals surface area contributed by atoms with E-state index < -0.39 is 44.7 Å². The number of aryl methyl sites for hydroxylation is 1. The number of hydrogen-bond donors (Lipinski definition) is 1. The molecule has 2 aromatic heterocycles. The highest BCUT2D eigenvalue weighted by molar-refractivity contribution is 7.91. The van der Waals surface area contributed by atoms with Gasteiger partial charge < -0.3 is 15.1 Å². The molecule has 5 rings (SSSR count). The molecule has 0 unspecified atom stereocenters. The number of halogens is 3. The summed E-state index contributed by atoms with van der Waals surface area (Å²) in [7, 11) is -3.95. The number of fused-ring (bicyclic) bond motifs is 1. The smallest absolute Gasteiger partial charge is 0.418 e. The first-order chi connectivity index (χ1) is 20.1. The van der Waals surface area contributed by atoms with Crippen LogP contribution in [0, 0.1) is 18.3 Å². The van der Waals surface area contributed by atoms with Crippen molar-refractivity contribution < 1.29 is 30.8 Å². The number of nitrogens with two attached hydrogens (primary N) is 1. The molecule has 1 amide bonds. The van der Waals surface area contributed by atoms with Crippen LogP contribution in [0.3, 0.4) is 0 Å². The van der Waals surface area contributed by atoms with E-state index in [-0.39, 0.29) is 34.6 Å². The highest BCUT2D eigenvalue weighted by Crippen LogP contribution is 2.36. The van der Waals surface area contributed by atoms with Gasteiger partial charge in [-0.1, -0.05) is 24.3 Å². The number of aromatic nitrogens is 3. The van der Waals surface area contributed by atoms with Crippen molar-refractivity contribution >= 4 is 21.4 Å². The van der Waals surface area contributed by atoms with Crippen molar-refractivity contribution in [3.05, 3.63) is 77.3 Å². The number of nitriles is 1. The van der Waals surface area contributed by atoms with Gasteiger partial charge in [0.05, 0.1) is 51.9 Å². The zero-order valence-electron chi connectivity index (χ0n) is 23.2. The second kappa shape index (κ2) is 10.6. The molecule has 0 radical (unpaired) electrons. The first-order valence-electron chi connectivity index (χ1n) is 12.9. The van der Waals surface area contributed by atoms with Crippen LogP contribution < -0.4 is 10.6 Å². The second-order valence-corrected chi connectivity index (χ2v) is 12.7. The second-order valence-electron chi connectivity index (χ2n) is 10.7. The van der Waals surface area contributed by atoms with Crippen LogP contribution in [0.1, 0.15) is 36.6 Å². The van der Waals surface area contributed by atoms with Gasteiger partial charge in [0.1, 0.15) is 5.41 Å². The summed E-state index contributed by atoms with van der Waals surface area (Å²) in [6.07, 6.45) is -4.51. The van der Waals surface area contributed by atoms with Gasteiger partial charge >= 0.3 is 6.18 Å². The lowest BCUT2D eigenvalue weighted by Gasteiger charge is -2.24. The maximum Gasteiger partial charge on any atom is 0.418 e. The molecule has 3 heterocycles. The molecule has 14 heteroatoms. The van der Waals surface area contributed by atoms with Crippen LogP contribution in [0.5, 0.6) is 0 Å². The van der Waals surface area contributed by atoms with Crippen molar-refractivity contribution in [3.63, 3.8) is 0 Å². The van der Waals surface area contributed by atoms with Crippen molar-refractivity contribution in [2.75, 3.05) is 10.7 Å². The normalized spacial score (nSPS) is 16.8. The molecule has 0 bridgehead atoms. The number of anilines is 1. The van der Waals surface area contributed by atoms with Crippen LogP contribution in [-0.2, 0) is 32.8 Å². The lowest BCUT2D eigenvalue weighted by atomic mass is 9.96. The molecule has 4 aromatic rings. The predicted octanol–water partition coefficient (Wildman–Crippen LogP) is 4.57. The number of carbonyl (C=O) groups excluding carboxylic acids is 1. The Hall–Kier alpha value is -4.61. The quantitative estimate of drug-likeness (QED) is 0.342. The van der Waals surface area contributed by atoms with Gasteiger partial charge in [-0.25, -0.2) is 8.42 Å². The van der Waals surface area contributed by atoms with Crippen molar-refractivity contribution in [2.45, 2.75) is 49.8 Å². The minimum Gasteiger partial charge on any atom is -0.419 e. The number of hydrogen-bond acceptors (Lipinski definition) is 9. The van der Waals surface area contributed by atoms with Crippen molar-refractivity contribution in [1.29, 1.82) is 5.26 Å². The third-order valence-corrected chi connectivity index (χ3v) is 8.85. The standard InChI is InChI=1S/C29H25F3N6O4S/c1-16-20(29(30,31)32)9-10-22(35-16)18-6-4-17(5-7-18)13-38-23-12-19(25-36-37-27(42-25)28(2,3)15-33)8-11-24(23)43(40,41)14-21(34)26(38)39/h4-12,21H,13-14,34H2,1-3H3/t21-/m0/s1. The SMILES string of the molecule is Cc1nc(-c2ccc(CN3C(=O)[C@@H](N)CS(=O)(=O)c4ccc(-c5nnc(C(C)(C)C#N)o5)cc43)cc2)ccc1C(F)(F)F. The van der Waals surface area contributed by atoms with Crippen LogP contribution >= 0.6 is 0 Å². The molecule has 0 fully saturated rings. The monoisotopic (exact) mass is 610 g/mol. The van der Waals surface area contributed by atoms with Crippen LogP contribution in [-0.4, -0.2) is 41.3 Å². The first-order valence-corrected chi connectivity index (χ1v) is 14.6. The van der Waals surface area contributed by atoms with Gasteiger partial charge in [0.2, 0.25) is 17.7 Å². The van der Waals surface area contributed by atoms with Gasteiger partial charge in [0, 0.05) is 11.1 Å². The fourth-order valence-corrected chi connectivity index (χ4v) is 6.19. The molecule has 2 aromatic carbocycles. The maximum atomic E-state index is 13.4. The molecule has 0 saturated carbocycles. The molecule has 43 heavy (non-hydrogen) atoms. The Kier molecular flexibility index (Phi) is 7.35. The van der Waals surface area contributed by atoms with E-state index in [1.807, 2.05) is 0 Å². The Morgan fingerprint density at radius 2 is 1.74 bits per heavy atom. The molecule has 0 saturated heterocycles. The van der Waals surface area contributed by atoms with Crippen LogP contribution in [0.2, 0.25) is 0 Å². The number of carbonyl (C=O) groups is 1. The van der Waals surface area contributed by atoms with E-state index in [1.54, 1.807) is 38.1 Å². The number of amides is 1. The van der Waals surface area contributed by atoms with Crippen molar-refractivity contribution in [3.8, 4) is 28.8 Å². The van der Waals surface area contributed by atoms with E-state index in [4.69, 9.17) is 10.2 Å². The molecule has 1 aliphatic rings. The fourth-order valence-electron chi connectivity index (χ4n) is 4.63. The van der Waals surface area contributed by atoms with Gasteiger partial charge in [-0.15, -0.1) is 10.2 Å². The number of benzene rings is 2. The molecule has 2 N–H and O–H groups in total. The highest BCUT2D eigenvalue weighted by atomic mass is 32.2. The summed E-state index contributed by atoms with van der Waals surface area (Å²) >= 11 is 0. The van der Waals surface area contributed by atoms with E-state index in [0.29, 0.717) is 22.4 Å². The van der Waals surface area contributed by atoms with E-state index in [1.165, 1.54) is 36.1 Å². The number of pyridine rings is 1. The maximum absolute atomic E-state index is 13.4. The Morgan fingerprint density at radius 1 is 1.07 bits per heavy atom. The van der Waals surface area contributed by atoms with E-state index in [0.717, 1.165) is 6.07 Å². The number of alkyl halides is 3. The third kappa shape index (κ3) is 5.73.